The first kappa shape index (κ1) is 9.92. The maximum atomic E-state index is 12.9. The lowest BCUT2D eigenvalue weighted by Gasteiger charge is -2.30. The number of ether oxygens (including phenoxy) is 1. The molecule has 1 saturated heterocycles. The van der Waals surface area contributed by atoms with Gasteiger partial charge in [-0.15, -0.1) is 0 Å². The Bertz CT molecular complexity index is 383. The van der Waals surface area contributed by atoms with E-state index in [4.69, 9.17) is 4.74 Å². The highest BCUT2D eigenvalue weighted by atomic mass is 19.1. The van der Waals surface area contributed by atoms with Crippen LogP contribution >= 0.6 is 0 Å². The summed E-state index contributed by atoms with van der Waals surface area (Å²) in [6.07, 6.45) is -0.933. The quantitative estimate of drug-likeness (QED) is 0.762. The average Bonchev–Trinajstić information content (AvgIpc) is 2.16. The largest absolute Gasteiger partial charge is 0.439 e. The first-order valence-electron chi connectivity index (χ1n) is 4.59. The third kappa shape index (κ3) is 2.24. The number of benzene rings is 1. The highest BCUT2D eigenvalue weighted by molar-refractivity contribution is 5.67. The van der Waals surface area contributed by atoms with Gasteiger partial charge in [0.2, 0.25) is 0 Å². The second-order valence-electron chi connectivity index (χ2n) is 3.44. The number of cyclic esters (lactones) is 1. The SMILES string of the molecule is CN1CC(c2cccc(F)c2)OC(=O)N1. The van der Waals surface area contributed by atoms with Crippen LogP contribution in [0.3, 0.4) is 0 Å². The third-order valence-corrected chi connectivity index (χ3v) is 2.19. The van der Waals surface area contributed by atoms with Crippen molar-refractivity contribution in [1.29, 1.82) is 0 Å². The number of halogens is 1. The molecule has 5 heteroatoms. The molecule has 1 aliphatic heterocycles. The molecular formula is C10H11FN2O2. The minimum absolute atomic E-state index is 0.329. The number of nitrogens with one attached hydrogen (secondary N) is 1. The highest BCUT2D eigenvalue weighted by Crippen LogP contribution is 2.21. The van der Waals surface area contributed by atoms with Crippen LogP contribution in [0, 0.1) is 5.82 Å². The normalized spacial score (nSPS) is 22.0. The zero-order chi connectivity index (χ0) is 10.8. The molecule has 0 aromatic heterocycles. The molecule has 1 atom stereocenters. The van der Waals surface area contributed by atoms with Gasteiger partial charge in [-0.1, -0.05) is 12.1 Å². The van der Waals surface area contributed by atoms with Crippen LogP contribution in [0.15, 0.2) is 24.3 Å². The first-order valence-corrected chi connectivity index (χ1v) is 4.59. The number of likely N-dealkylation sites (N-methyl/N-ethyl adjacent to an activating group) is 1. The van der Waals surface area contributed by atoms with E-state index in [9.17, 15) is 9.18 Å². The maximum absolute atomic E-state index is 12.9. The number of carbonyl (C=O) groups excluding carboxylic acids is 1. The second-order valence-corrected chi connectivity index (χ2v) is 3.44. The summed E-state index contributed by atoms with van der Waals surface area (Å²) in [6, 6.07) is 6.06. The number of carbonyl (C=O) groups is 1. The third-order valence-electron chi connectivity index (χ3n) is 2.19. The van der Waals surface area contributed by atoms with E-state index in [1.54, 1.807) is 24.2 Å². The molecule has 0 radical (unpaired) electrons. The molecule has 1 unspecified atom stereocenters. The minimum Gasteiger partial charge on any atom is -0.439 e. The molecule has 2 rings (SSSR count). The molecule has 0 aliphatic carbocycles. The van der Waals surface area contributed by atoms with Gasteiger partial charge in [0.15, 0.2) is 0 Å². The summed E-state index contributed by atoms with van der Waals surface area (Å²) in [7, 11) is 1.73. The van der Waals surface area contributed by atoms with Gasteiger partial charge < -0.3 is 4.74 Å². The first-order chi connectivity index (χ1) is 7.15. The van der Waals surface area contributed by atoms with Gasteiger partial charge in [0.05, 0.1) is 6.54 Å². The van der Waals surface area contributed by atoms with Crippen molar-refractivity contribution in [3.8, 4) is 0 Å². The van der Waals surface area contributed by atoms with Crippen molar-refractivity contribution in [2.24, 2.45) is 0 Å². The summed E-state index contributed by atoms with van der Waals surface area (Å²) in [6.45, 7) is 0.495. The minimum atomic E-state index is -0.516. The van der Waals surface area contributed by atoms with E-state index in [0.717, 1.165) is 0 Å². The predicted molar refractivity (Wildman–Crippen MR) is 51.4 cm³/mol. The fraction of sp³-hybridized carbons (Fsp3) is 0.300. The van der Waals surface area contributed by atoms with Gasteiger partial charge in [-0.3, -0.25) is 5.43 Å². The highest BCUT2D eigenvalue weighted by Gasteiger charge is 2.25. The molecule has 4 nitrogen and oxygen atoms in total. The predicted octanol–water partition coefficient (Wildman–Crippen LogP) is 1.45. The van der Waals surface area contributed by atoms with Crippen LogP contribution in [0.25, 0.3) is 0 Å². The molecule has 0 bridgehead atoms. The van der Waals surface area contributed by atoms with Gasteiger partial charge in [-0.2, -0.15) is 0 Å². The van der Waals surface area contributed by atoms with Crippen molar-refractivity contribution in [3.05, 3.63) is 35.6 Å². The van der Waals surface area contributed by atoms with E-state index < -0.39 is 12.2 Å². The van der Waals surface area contributed by atoms with Crippen molar-refractivity contribution < 1.29 is 13.9 Å². The van der Waals surface area contributed by atoms with Crippen molar-refractivity contribution in [2.45, 2.75) is 6.10 Å². The van der Waals surface area contributed by atoms with Gasteiger partial charge in [-0.25, -0.2) is 14.2 Å². The molecular weight excluding hydrogens is 199 g/mol. The fourth-order valence-electron chi connectivity index (χ4n) is 1.52. The number of rotatable bonds is 1. The van der Waals surface area contributed by atoms with Crippen LogP contribution in [-0.4, -0.2) is 24.7 Å². The van der Waals surface area contributed by atoms with E-state index in [-0.39, 0.29) is 5.82 Å². The van der Waals surface area contributed by atoms with Crippen LogP contribution in [0.1, 0.15) is 11.7 Å². The van der Waals surface area contributed by atoms with Crippen molar-refractivity contribution in [3.63, 3.8) is 0 Å². The average molecular weight is 210 g/mol. The molecule has 80 valence electrons. The molecule has 1 aromatic rings. The monoisotopic (exact) mass is 210 g/mol. The summed E-state index contributed by atoms with van der Waals surface area (Å²) < 4.78 is 18.0. The van der Waals surface area contributed by atoms with Crippen LogP contribution in [-0.2, 0) is 4.74 Å². The molecule has 0 spiro atoms. The Labute approximate surface area is 86.6 Å². The van der Waals surface area contributed by atoms with Crippen LogP contribution in [0.4, 0.5) is 9.18 Å². The van der Waals surface area contributed by atoms with E-state index >= 15 is 0 Å². The summed E-state index contributed by atoms with van der Waals surface area (Å²) in [4.78, 5) is 11.1. The van der Waals surface area contributed by atoms with Gasteiger partial charge in [0.25, 0.3) is 0 Å². The van der Waals surface area contributed by atoms with Gasteiger partial charge >= 0.3 is 6.09 Å². The summed E-state index contributed by atoms with van der Waals surface area (Å²) in [5.74, 6) is -0.329. The van der Waals surface area contributed by atoms with E-state index in [1.807, 2.05) is 0 Å². The maximum Gasteiger partial charge on any atom is 0.422 e. The van der Waals surface area contributed by atoms with Crippen molar-refractivity contribution in [2.75, 3.05) is 13.6 Å². The molecule has 1 N–H and O–H groups in total. The van der Waals surface area contributed by atoms with E-state index in [1.165, 1.54) is 12.1 Å². The lowest BCUT2D eigenvalue weighted by molar-refractivity contribution is 0.0128. The molecule has 15 heavy (non-hydrogen) atoms. The Kier molecular flexibility index (Phi) is 2.55. The topological polar surface area (TPSA) is 41.6 Å². The van der Waals surface area contributed by atoms with Gasteiger partial charge in [0, 0.05) is 7.05 Å². The number of nitrogens with zero attached hydrogens (tertiary/aromatic N) is 1. The van der Waals surface area contributed by atoms with Crippen LogP contribution in [0.5, 0.6) is 0 Å². The Balaban J connectivity index is 2.19. The molecule has 0 saturated carbocycles. The second kappa shape index (κ2) is 3.86. The standard InChI is InChI=1S/C10H11FN2O2/c1-13-6-9(15-10(14)12-13)7-3-2-4-8(11)5-7/h2-5,9H,6H2,1H3,(H,12,14). The van der Waals surface area contributed by atoms with Gasteiger partial charge in [0.1, 0.15) is 11.9 Å². The Morgan fingerprint density at radius 3 is 3.07 bits per heavy atom. The number of hydrogen-bond donors (Lipinski definition) is 1. The zero-order valence-corrected chi connectivity index (χ0v) is 8.24. The number of amides is 1. The Hall–Kier alpha value is -1.62. The summed E-state index contributed by atoms with van der Waals surface area (Å²) in [5, 5.41) is 1.61. The van der Waals surface area contributed by atoms with Crippen LogP contribution in [0.2, 0.25) is 0 Å². The summed E-state index contributed by atoms with van der Waals surface area (Å²) >= 11 is 0. The van der Waals surface area contributed by atoms with Crippen molar-refractivity contribution >= 4 is 6.09 Å². The molecule has 1 amide bonds. The number of hydrogen-bond acceptors (Lipinski definition) is 3. The molecule has 1 fully saturated rings. The molecule has 1 heterocycles. The Morgan fingerprint density at radius 2 is 2.40 bits per heavy atom. The molecule has 1 aromatic carbocycles. The smallest absolute Gasteiger partial charge is 0.422 e. The lowest BCUT2D eigenvalue weighted by atomic mass is 10.1. The molecule has 1 aliphatic rings. The Morgan fingerprint density at radius 1 is 1.60 bits per heavy atom. The van der Waals surface area contributed by atoms with Gasteiger partial charge in [-0.05, 0) is 17.7 Å². The fourth-order valence-corrected chi connectivity index (χ4v) is 1.52. The van der Waals surface area contributed by atoms with Crippen molar-refractivity contribution in [1.82, 2.24) is 10.4 Å². The van der Waals surface area contributed by atoms with E-state index in [2.05, 4.69) is 5.43 Å². The summed E-state index contributed by atoms with van der Waals surface area (Å²) in [5.41, 5.74) is 3.14. The number of hydrazine groups is 1. The zero-order valence-electron chi connectivity index (χ0n) is 8.24. The lowest BCUT2D eigenvalue weighted by Crippen LogP contribution is -2.48. The van der Waals surface area contributed by atoms with Crippen LogP contribution < -0.4 is 5.43 Å². The van der Waals surface area contributed by atoms with E-state index in [0.29, 0.717) is 12.1 Å².